The molecule has 3 heteroatoms. The number of hydrogen-bond donors (Lipinski definition) is 1. The molecule has 2 atom stereocenters. The van der Waals surface area contributed by atoms with Crippen LogP contribution in [0.5, 0.6) is 0 Å². The molecule has 0 bridgehead atoms. The molecule has 2 rings (SSSR count). The van der Waals surface area contributed by atoms with Gasteiger partial charge in [0.1, 0.15) is 0 Å². The summed E-state index contributed by atoms with van der Waals surface area (Å²) in [6.07, 6.45) is 4.75. The number of aliphatic hydroxyl groups is 1. The first-order valence-electron chi connectivity index (χ1n) is 5.02. The summed E-state index contributed by atoms with van der Waals surface area (Å²) in [5.41, 5.74) is 1.26. The van der Waals surface area contributed by atoms with Gasteiger partial charge in [-0.3, -0.25) is 9.88 Å². The van der Waals surface area contributed by atoms with Gasteiger partial charge in [0.15, 0.2) is 0 Å². The second-order valence-electron chi connectivity index (χ2n) is 4.03. The number of aromatic nitrogens is 1. The Hall–Kier alpha value is -0.930. The number of nitrogens with zero attached hydrogens (tertiary/aromatic N) is 2. The van der Waals surface area contributed by atoms with Crippen LogP contribution in [0.1, 0.15) is 18.0 Å². The van der Waals surface area contributed by atoms with Gasteiger partial charge in [0.25, 0.3) is 0 Å². The van der Waals surface area contributed by atoms with E-state index in [-0.39, 0.29) is 0 Å². The first-order chi connectivity index (χ1) is 6.81. The molecule has 0 amide bonds. The van der Waals surface area contributed by atoms with Crippen molar-refractivity contribution in [3.63, 3.8) is 0 Å². The van der Waals surface area contributed by atoms with Crippen molar-refractivity contribution in [2.45, 2.75) is 12.5 Å². The third-order valence-electron chi connectivity index (χ3n) is 2.96. The smallest absolute Gasteiger partial charge is 0.0472 e. The zero-order valence-corrected chi connectivity index (χ0v) is 8.43. The van der Waals surface area contributed by atoms with E-state index >= 15 is 0 Å². The Balaban J connectivity index is 2.13. The fourth-order valence-electron chi connectivity index (χ4n) is 2.20. The maximum absolute atomic E-state index is 9.11. The summed E-state index contributed by atoms with van der Waals surface area (Å²) < 4.78 is 0. The second kappa shape index (κ2) is 4.07. The molecule has 0 saturated carbocycles. The number of hydrogen-bond acceptors (Lipinski definition) is 3. The van der Waals surface area contributed by atoms with Crippen molar-refractivity contribution >= 4 is 0 Å². The predicted molar refractivity (Wildman–Crippen MR) is 54.8 cm³/mol. The van der Waals surface area contributed by atoms with Crippen molar-refractivity contribution in [2.75, 3.05) is 20.2 Å². The third kappa shape index (κ3) is 1.79. The summed E-state index contributed by atoms with van der Waals surface area (Å²) in [7, 11) is 2.10. The molecule has 1 aromatic rings. The van der Waals surface area contributed by atoms with E-state index in [9.17, 15) is 0 Å². The Labute approximate surface area is 84.4 Å². The lowest BCUT2D eigenvalue weighted by molar-refractivity contribution is 0.227. The van der Waals surface area contributed by atoms with E-state index in [1.165, 1.54) is 5.56 Å². The average molecular weight is 192 g/mol. The monoisotopic (exact) mass is 192 g/mol. The predicted octanol–water partition coefficient (Wildman–Crippen LogP) is 1.07. The molecule has 0 radical (unpaired) electrons. The molecule has 14 heavy (non-hydrogen) atoms. The Morgan fingerprint density at radius 3 is 3.07 bits per heavy atom. The minimum absolute atomic E-state index is 0.293. The van der Waals surface area contributed by atoms with Crippen molar-refractivity contribution in [3.8, 4) is 0 Å². The van der Waals surface area contributed by atoms with E-state index in [2.05, 4.69) is 23.0 Å². The largest absolute Gasteiger partial charge is 0.396 e. The lowest BCUT2D eigenvalue weighted by Crippen LogP contribution is -2.18. The molecule has 1 N–H and O–H groups in total. The van der Waals surface area contributed by atoms with Gasteiger partial charge in [-0.2, -0.15) is 0 Å². The first-order valence-corrected chi connectivity index (χ1v) is 5.02. The summed E-state index contributed by atoms with van der Waals surface area (Å²) >= 11 is 0. The van der Waals surface area contributed by atoms with Gasteiger partial charge in [-0.05, 0) is 31.0 Å². The highest BCUT2D eigenvalue weighted by Gasteiger charge is 2.29. The summed E-state index contributed by atoms with van der Waals surface area (Å²) in [4.78, 5) is 6.41. The fourth-order valence-corrected chi connectivity index (χ4v) is 2.20. The number of aliphatic hydroxyl groups excluding tert-OH is 1. The molecule has 0 aromatic carbocycles. The Kier molecular flexibility index (Phi) is 2.79. The SMILES string of the molecule is CN1C[C@H](CO)C[C@H]1c1cccnc1. The van der Waals surface area contributed by atoms with Crippen LogP contribution in [0.25, 0.3) is 0 Å². The quantitative estimate of drug-likeness (QED) is 0.761. The molecule has 2 heterocycles. The highest BCUT2D eigenvalue weighted by molar-refractivity contribution is 5.15. The summed E-state index contributed by atoms with van der Waals surface area (Å²) in [6, 6.07) is 4.50. The second-order valence-corrected chi connectivity index (χ2v) is 4.03. The van der Waals surface area contributed by atoms with E-state index in [0.717, 1.165) is 13.0 Å². The molecule has 1 saturated heterocycles. The zero-order valence-electron chi connectivity index (χ0n) is 8.43. The Bertz CT molecular complexity index is 289. The molecule has 1 fully saturated rings. The highest BCUT2D eigenvalue weighted by atomic mass is 16.3. The summed E-state index contributed by atoms with van der Waals surface area (Å²) in [5, 5.41) is 9.11. The summed E-state index contributed by atoms with van der Waals surface area (Å²) in [5.74, 6) is 0.421. The topological polar surface area (TPSA) is 36.4 Å². The molecule has 1 aliphatic rings. The molecule has 0 unspecified atom stereocenters. The van der Waals surface area contributed by atoms with Crippen LogP contribution in [0, 0.1) is 5.92 Å². The van der Waals surface area contributed by atoms with Crippen molar-refractivity contribution in [2.24, 2.45) is 5.92 Å². The lowest BCUT2D eigenvalue weighted by atomic mass is 10.0. The van der Waals surface area contributed by atoms with Crippen molar-refractivity contribution in [1.82, 2.24) is 9.88 Å². The minimum Gasteiger partial charge on any atom is -0.396 e. The third-order valence-corrected chi connectivity index (χ3v) is 2.96. The van der Waals surface area contributed by atoms with Crippen LogP contribution >= 0.6 is 0 Å². The normalized spacial score (nSPS) is 28.1. The average Bonchev–Trinajstić information content (AvgIpc) is 2.61. The molecule has 76 valence electrons. The van der Waals surface area contributed by atoms with Gasteiger partial charge in [0.05, 0.1) is 0 Å². The lowest BCUT2D eigenvalue weighted by Gasteiger charge is -2.18. The van der Waals surface area contributed by atoms with Crippen LogP contribution < -0.4 is 0 Å². The van der Waals surface area contributed by atoms with Crippen molar-refractivity contribution in [1.29, 1.82) is 0 Å². The summed E-state index contributed by atoms with van der Waals surface area (Å²) in [6.45, 7) is 1.27. The number of rotatable bonds is 2. The maximum atomic E-state index is 9.11. The van der Waals surface area contributed by atoms with Crippen LogP contribution in [-0.4, -0.2) is 35.2 Å². The molecule has 1 aromatic heterocycles. The fraction of sp³-hybridized carbons (Fsp3) is 0.545. The van der Waals surface area contributed by atoms with Gasteiger partial charge in [-0.15, -0.1) is 0 Å². The molecule has 3 nitrogen and oxygen atoms in total. The molecule has 1 aliphatic heterocycles. The van der Waals surface area contributed by atoms with Crippen LogP contribution in [0.15, 0.2) is 24.5 Å². The van der Waals surface area contributed by atoms with Gasteiger partial charge in [-0.1, -0.05) is 6.07 Å². The van der Waals surface area contributed by atoms with Gasteiger partial charge in [0, 0.05) is 31.6 Å². The van der Waals surface area contributed by atoms with E-state index in [4.69, 9.17) is 5.11 Å². The van der Waals surface area contributed by atoms with E-state index in [0.29, 0.717) is 18.6 Å². The van der Waals surface area contributed by atoms with Crippen LogP contribution in [0.3, 0.4) is 0 Å². The van der Waals surface area contributed by atoms with E-state index < -0.39 is 0 Å². The molecule has 0 spiro atoms. The van der Waals surface area contributed by atoms with Gasteiger partial charge in [0.2, 0.25) is 0 Å². The van der Waals surface area contributed by atoms with Crippen molar-refractivity contribution in [3.05, 3.63) is 30.1 Å². The first kappa shape index (κ1) is 9.62. The zero-order chi connectivity index (χ0) is 9.97. The van der Waals surface area contributed by atoms with Crippen LogP contribution in [0.2, 0.25) is 0 Å². The van der Waals surface area contributed by atoms with Gasteiger partial charge >= 0.3 is 0 Å². The maximum Gasteiger partial charge on any atom is 0.0472 e. The number of likely N-dealkylation sites (tertiary alicyclic amines) is 1. The minimum atomic E-state index is 0.293. The van der Waals surface area contributed by atoms with Crippen molar-refractivity contribution < 1.29 is 5.11 Å². The Morgan fingerprint density at radius 1 is 1.64 bits per heavy atom. The molecular weight excluding hydrogens is 176 g/mol. The standard InChI is InChI=1S/C11H16N2O/c1-13-7-9(8-14)5-11(13)10-3-2-4-12-6-10/h2-4,6,9,11,14H,5,7-8H2,1H3/t9-,11+/m1/s1. The van der Waals surface area contributed by atoms with E-state index in [1.54, 1.807) is 6.20 Å². The highest BCUT2D eigenvalue weighted by Crippen LogP contribution is 2.33. The number of pyridine rings is 1. The molecule has 0 aliphatic carbocycles. The van der Waals surface area contributed by atoms with Crippen LogP contribution in [0.4, 0.5) is 0 Å². The Morgan fingerprint density at radius 2 is 2.50 bits per heavy atom. The van der Waals surface area contributed by atoms with E-state index in [1.807, 2.05) is 12.3 Å². The van der Waals surface area contributed by atoms with Gasteiger partial charge < -0.3 is 5.11 Å². The van der Waals surface area contributed by atoms with Gasteiger partial charge in [-0.25, -0.2) is 0 Å². The van der Waals surface area contributed by atoms with Crippen LogP contribution in [-0.2, 0) is 0 Å². The molecular formula is C11H16N2O.